The molecule has 9 nitrogen and oxygen atoms in total. The number of nitrogens with zero attached hydrogens (tertiary/aromatic N) is 2. The van der Waals surface area contributed by atoms with E-state index in [1.54, 1.807) is 29.6 Å². The molecular weight excluding hydrogens is 532 g/mol. The first-order valence-corrected chi connectivity index (χ1v) is 15.0. The second-order valence-electron chi connectivity index (χ2n) is 7.98. The Hall–Kier alpha value is -2.51. The highest BCUT2D eigenvalue weighted by Gasteiger charge is 2.31. The molecule has 0 unspecified atom stereocenters. The maximum Gasteiger partial charge on any atom is 0.263 e. The van der Waals surface area contributed by atoms with E-state index in [0.717, 1.165) is 0 Å². The second-order valence-corrected chi connectivity index (χ2v) is 12.9. The molecule has 3 aromatic rings. The zero-order chi connectivity index (χ0) is 25.1. The summed E-state index contributed by atoms with van der Waals surface area (Å²) in [4.78, 5) is 16.7. The minimum absolute atomic E-state index is 0.0442. The van der Waals surface area contributed by atoms with Crippen LogP contribution in [0.4, 0.5) is 10.8 Å². The summed E-state index contributed by atoms with van der Waals surface area (Å²) in [6.45, 7) is 0.481. The predicted octanol–water partition coefficient (Wildman–Crippen LogP) is 3.78. The van der Waals surface area contributed by atoms with Gasteiger partial charge < -0.3 is 5.32 Å². The monoisotopic (exact) mass is 554 g/mol. The van der Waals surface area contributed by atoms with E-state index in [9.17, 15) is 21.6 Å². The predicted molar refractivity (Wildman–Crippen MR) is 136 cm³/mol. The Bertz CT molecular complexity index is 1390. The van der Waals surface area contributed by atoms with Crippen molar-refractivity contribution in [1.82, 2.24) is 9.29 Å². The summed E-state index contributed by atoms with van der Waals surface area (Å²) in [5, 5.41) is 5.12. The van der Waals surface area contributed by atoms with Crippen LogP contribution in [0, 0.1) is 5.92 Å². The largest absolute Gasteiger partial charge is 0.326 e. The fourth-order valence-corrected chi connectivity index (χ4v) is 7.37. The van der Waals surface area contributed by atoms with Crippen LogP contribution in [0.2, 0.25) is 5.02 Å². The average molecular weight is 555 g/mol. The lowest BCUT2D eigenvalue weighted by Crippen LogP contribution is -2.41. The molecule has 35 heavy (non-hydrogen) atoms. The summed E-state index contributed by atoms with van der Waals surface area (Å²) in [5.41, 5.74) is 0.998. The number of amides is 1. The summed E-state index contributed by atoms with van der Waals surface area (Å²) in [7, 11) is -7.33. The standard InChI is InChI=1S/C22H23ClN4O5S3/c23-20-4-2-1-3-17(20)15-34(29,30)27-12-9-16(10-13-27)21(28)25-18-5-7-19(8-6-18)35(31,32)26-22-24-11-14-33-22/h1-8,11,14,16H,9-10,12-13,15H2,(H,24,26)(H,25,28). The van der Waals surface area contributed by atoms with Crippen LogP contribution in [-0.4, -0.2) is 45.1 Å². The van der Waals surface area contributed by atoms with Gasteiger partial charge >= 0.3 is 0 Å². The highest BCUT2D eigenvalue weighted by Crippen LogP contribution is 2.26. The van der Waals surface area contributed by atoms with Crippen LogP contribution in [0.25, 0.3) is 0 Å². The zero-order valence-electron chi connectivity index (χ0n) is 18.4. The number of piperidine rings is 1. The van der Waals surface area contributed by atoms with Crippen molar-refractivity contribution in [3.63, 3.8) is 0 Å². The molecule has 1 aliphatic rings. The van der Waals surface area contributed by atoms with E-state index in [-0.39, 0.29) is 40.7 Å². The number of nitrogens with one attached hydrogen (secondary N) is 2. The third-order valence-electron chi connectivity index (χ3n) is 5.60. The van der Waals surface area contributed by atoms with E-state index >= 15 is 0 Å². The second kappa shape index (κ2) is 10.6. The van der Waals surface area contributed by atoms with Crippen LogP contribution in [0.1, 0.15) is 18.4 Å². The van der Waals surface area contributed by atoms with Gasteiger partial charge in [0.05, 0.1) is 10.6 Å². The number of benzene rings is 2. The van der Waals surface area contributed by atoms with Gasteiger partial charge in [0, 0.05) is 41.3 Å². The molecule has 1 aromatic heterocycles. The lowest BCUT2D eigenvalue weighted by molar-refractivity contribution is -0.120. The van der Waals surface area contributed by atoms with Gasteiger partial charge in [-0.15, -0.1) is 11.3 Å². The maximum absolute atomic E-state index is 12.8. The Labute approximate surface area is 213 Å². The number of thiazole rings is 1. The molecule has 2 aromatic carbocycles. The van der Waals surface area contributed by atoms with Gasteiger partial charge in [0.25, 0.3) is 10.0 Å². The number of carbonyl (C=O) groups excluding carboxylic acids is 1. The van der Waals surface area contributed by atoms with Gasteiger partial charge in [0.15, 0.2) is 5.13 Å². The van der Waals surface area contributed by atoms with Crippen molar-refractivity contribution in [2.24, 2.45) is 5.92 Å². The van der Waals surface area contributed by atoms with Crippen LogP contribution in [0.5, 0.6) is 0 Å². The van der Waals surface area contributed by atoms with Crippen LogP contribution in [-0.2, 0) is 30.6 Å². The number of sulfonamides is 2. The number of halogens is 1. The molecule has 4 rings (SSSR count). The van der Waals surface area contributed by atoms with Gasteiger partial charge in [-0.1, -0.05) is 29.8 Å². The van der Waals surface area contributed by atoms with E-state index in [4.69, 9.17) is 11.6 Å². The quantitative estimate of drug-likeness (QED) is 0.436. The smallest absolute Gasteiger partial charge is 0.263 e. The zero-order valence-corrected chi connectivity index (χ0v) is 21.6. The van der Waals surface area contributed by atoms with Crippen LogP contribution in [0.3, 0.4) is 0 Å². The van der Waals surface area contributed by atoms with E-state index in [2.05, 4.69) is 15.0 Å². The van der Waals surface area contributed by atoms with Gasteiger partial charge in [0.2, 0.25) is 15.9 Å². The Morgan fingerprint density at radius 1 is 1.06 bits per heavy atom. The first kappa shape index (κ1) is 25.6. The van der Waals surface area contributed by atoms with E-state index in [1.807, 2.05) is 0 Å². The maximum atomic E-state index is 12.8. The third-order valence-corrected chi connectivity index (χ3v) is 9.97. The Balaban J connectivity index is 1.31. The number of hydrogen-bond acceptors (Lipinski definition) is 7. The van der Waals surface area contributed by atoms with Crippen molar-refractivity contribution < 1.29 is 21.6 Å². The number of anilines is 2. The van der Waals surface area contributed by atoms with Crippen LogP contribution in [0.15, 0.2) is 65.0 Å². The van der Waals surface area contributed by atoms with Gasteiger partial charge in [-0.05, 0) is 48.7 Å². The Kier molecular flexibility index (Phi) is 7.77. The van der Waals surface area contributed by atoms with Crippen molar-refractivity contribution in [3.05, 3.63) is 70.7 Å². The van der Waals surface area contributed by atoms with Crippen LogP contribution >= 0.6 is 22.9 Å². The molecule has 1 fully saturated rings. The fraction of sp³-hybridized carbons (Fsp3) is 0.273. The average Bonchev–Trinajstić information content (AvgIpc) is 3.33. The van der Waals surface area contributed by atoms with Gasteiger partial charge in [0.1, 0.15) is 0 Å². The lowest BCUT2D eigenvalue weighted by atomic mass is 9.97. The molecule has 0 atom stereocenters. The molecule has 0 spiro atoms. The molecule has 2 N–H and O–H groups in total. The van der Waals surface area contributed by atoms with Crippen molar-refractivity contribution >= 4 is 59.7 Å². The number of hydrogen-bond donors (Lipinski definition) is 2. The number of rotatable bonds is 8. The molecule has 186 valence electrons. The summed E-state index contributed by atoms with van der Waals surface area (Å²) in [6, 6.07) is 12.6. The molecule has 2 heterocycles. The van der Waals surface area contributed by atoms with Crippen molar-refractivity contribution in [3.8, 4) is 0 Å². The molecule has 1 aliphatic heterocycles. The Morgan fingerprint density at radius 2 is 1.74 bits per heavy atom. The number of aromatic nitrogens is 1. The molecule has 0 radical (unpaired) electrons. The van der Waals surface area contributed by atoms with E-state index < -0.39 is 20.0 Å². The van der Waals surface area contributed by atoms with Gasteiger partial charge in [-0.2, -0.15) is 0 Å². The minimum Gasteiger partial charge on any atom is -0.326 e. The topological polar surface area (TPSA) is 126 Å². The molecule has 0 saturated carbocycles. The molecule has 0 bridgehead atoms. The molecule has 13 heteroatoms. The summed E-state index contributed by atoms with van der Waals surface area (Å²) < 4.78 is 54.3. The third kappa shape index (κ3) is 6.39. The first-order chi connectivity index (χ1) is 16.6. The van der Waals surface area contributed by atoms with Crippen molar-refractivity contribution in [1.29, 1.82) is 0 Å². The van der Waals surface area contributed by atoms with Crippen molar-refractivity contribution in [2.45, 2.75) is 23.5 Å². The minimum atomic E-state index is -3.78. The Morgan fingerprint density at radius 3 is 2.37 bits per heavy atom. The van der Waals surface area contributed by atoms with E-state index in [0.29, 0.717) is 29.1 Å². The highest BCUT2D eigenvalue weighted by molar-refractivity contribution is 7.93. The van der Waals surface area contributed by atoms with Gasteiger partial charge in [-0.25, -0.2) is 26.1 Å². The van der Waals surface area contributed by atoms with Gasteiger partial charge in [-0.3, -0.25) is 9.52 Å². The van der Waals surface area contributed by atoms with Crippen molar-refractivity contribution in [2.75, 3.05) is 23.1 Å². The molecule has 0 aliphatic carbocycles. The SMILES string of the molecule is O=C(Nc1ccc(S(=O)(=O)Nc2nccs2)cc1)C1CCN(S(=O)(=O)Cc2ccccc2Cl)CC1. The lowest BCUT2D eigenvalue weighted by Gasteiger charge is -2.30. The normalized spacial score (nSPS) is 15.6. The fourth-order valence-electron chi connectivity index (χ4n) is 3.71. The highest BCUT2D eigenvalue weighted by atomic mass is 35.5. The first-order valence-electron chi connectivity index (χ1n) is 10.7. The van der Waals surface area contributed by atoms with E-state index in [1.165, 1.54) is 46.1 Å². The number of carbonyl (C=O) groups is 1. The summed E-state index contributed by atoms with van der Waals surface area (Å²) in [6.07, 6.45) is 2.27. The molecule has 1 saturated heterocycles. The van der Waals surface area contributed by atoms with Crippen LogP contribution < -0.4 is 10.0 Å². The molecular formula is C22H23ClN4O5S3. The molecule has 1 amide bonds. The summed E-state index contributed by atoms with van der Waals surface area (Å²) in [5.74, 6) is -0.766. The summed E-state index contributed by atoms with van der Waals surface area (Å²) >= 11 is 7.27.